The van der Waals surface area contributed by atoms with Gasteiger partial charge in [0, 0.05) is 31.6 Å². The van der Waals surface area contributed by atoms with E-state index < -0.39 is 0 Å². The highest BCUT2D eigenvalue weighted by atomic mass is 35.5. The van der Waals surface area contributed by atoms with Crippen LogP contribution in [-0.2, 0) is 6.42 Å². The van der Waals surface area contributed by atoms with Gasteiger partial charge in [-0.3, -0.25) is 0 Å². The summed E-state index contributed by atoms with van der Waals surface area (Å²) in [5.41, 5.74) is 4.93. The van der Waals surface area contributed by atoms with E-state index in [1.54, 1.807) is 6.07 Å². The van der Waals surface area contributed by atoms with Crippen LogP contribution in [0.2, 0.25) is 0 Å². The number of unbranched alkanes of at least 4 members (excludes halogenated alkanes) is 1. The number of aliphatic imine (C=N–C) groups is 1. The van der Waals surface area contributed by atoms with Crippen LogP contribution in [0.3, 0.4) is 0 Å². The molecule has 0 saturated carbocycles. The molecular formula is C24H34ClFN6. The van der Waals surface area contributed by atoms with Crippen molar-refractivity contribution in [2.75, 3.05) is 19.1 Å². The SMILES string of the molecule is C=N/C(NCCCC1=NN=C(Cc2ccc(C)cc2F)C1)=C(\NCCl)C(=C)NCCCC. The number of aryl methyl sites for hydroxylation is 1. The van der Waals surface area contributed by atoms with Crippen molar-refractivity contribution in [3.05, 3.63) is 58.9 Å². The zero-order chi connectivity index (χ0) is 23.3. The van der Waals surface area contributed by atoms with Gasteiger partial charge in [0.2, 0.25) is 0 Å². The van der Waals surface area contributed by atoms with Gasteiger partial charge in [-0.2, -0.15) is 10.2 Å². The molecule has 2 rings (SSSR count). The normalized spacial score (nSPS) is 13.8. The van der Waals surface area contributed by atoms with Gasteiger partial charge in [0.15, 0.2) is 5.82 Å². The van der Waals surface area contributed by atoms with Crippen molar-refractivity contribution in [1.29, 1.82) is 0 Å². The Hall–Kier alpha value is -2.67. The largest absolute Gasteiger partial charge is 0.384 e. The molecular weight excluding hydrogens is 427 g/mol. The highest BCUT2D eigenvalue weighted by molar-refractivity contribution is 6.17. The van der Waals surface area contributed by atoms with Crippen LogP contribution in [0.15, 0.2) is 57.2 Å². The fourth-order valence-corrected chi connectivity index (χ4v) is 3.46. The number of halogens is 2. The molecule has 0 unspecified atom stereocenters. The summed E-state index contributed by atoms with van der Waals surface area (Å²) >= 11 is 5.88. The van der Waals surface area contributed by atoms with Crippen LogP contribution in [0.1, 0.15) is 50.2 Å². The third-order valence-corrected chi connectivity index (χ3v) is 5.22. The van der Waals surface area contributed by atoms with Crippen molar-refractivity contribution in [3.63, 3.8) is 0 Å². The van der Waals surface area contributed by atoms with Crippen molar-refractivity contribution in [2.24, 2.45) is 15.2 Å². The van der Waals surface area contributed by atoms with Crippen molar-refractivity contribution < 1.29 is 4.39 Å². The van der Waals surface area contributed by atoms with Gasteiger partial charge in [-0.05, 0) is 50.1 Å². The van der Waals surface area contributed by atoms with Gasteiger partial charge in [0.05, 0.1) is 17.4 Å². The smallest absolute Gasteiger partial charge is 0.150 e. The number of hydrogen-bond acceptors (Lipinski definition) is 6. The van der Waals surface area contributed by atoms with Gasteiger partial charge in [-0.15, -0.1) is 11.6 Å². The average Bonchev–Trinajstić information content (AvgIpc) is 3.22. The second-order valence-corrected chi connectivity index (χ2v) is 8.03. The Morgan fingerprint density at radius 1 is 1.16 bits per heavy atom. The number of alkyl halides is 1. The minimum absolute atomic E-state index is 0.186. The lowest BCUT2D eigenvalue weighted by atomic mass is 10.0. The molecule has 0 atom stereocenters. The molecule has 0 fully saturated rings. The molecule has 0 aromatic heterocycles. The molecule has 0 aliphatic carbocycles. The second-order valence-electron chi connectivity index (χ2n) is 7.76. The molecule has 174 valence electrons. The van der Waals surface area contributed by atoms with E-state index in [9.17, 15) is 4.39 Å². The summed E-state index contributed by atoms with van der Waals surface area (Å²) in [7, 11) is 0. The molecule has 0 saturated heterocycles. The molecule has 1 heterocycles. The topological polar surface area (TPSA) is 73.2 Å². The molecule has 8 heteroatoms. The van der Waals surface area contributed by atoms with E-state index in [-0.39, 0.29) is 11.8 Å². The predicted molar refractivity (Wildman–Crippen MR) is 134 cm³/mol. The second kappa shape index (κ2) is 13.7. The molecule has 1 aliphatic rings. The summed E-state index contributed by atoms with van der Waals surface area (Å²) in [5.74, 6) is 0.425. The third-order valence-electron chi connectivity index (χ3n) is 5.09. The summed E-state index contributed by atoms with van der Waals surface area (Å²) in [6.07, 6.45) is 4.99. The predicted octanol–water partition coefficient (Wildman–Crippen LogP) is 4.81. The first kappa shape index (κ1) is 25.6. The zero-order valence-electron chi connectivity index (χ0n) is 19.1. The minimum atomic E-state index is -0.186. The van der Waals surface area contributed by atoms with Crippen LogP contribution in [-0.4, -0.2) is 37.2 Å². The van der Waals surface area contributed by atoms with E-state index >= 15 is 0 Å². The Kier molecular flexibility index (Phi) is 10.9. The molecule has 1 aliphatic heterocycles. The molecule has 3 N–H and O–H groups in total. The van der Waals surface area contributed by atoms with Crippen LogP contribution >= 0.6 is 11.6 Å². The van der Waals surface area contributed by atoms with Gasteiger partial charge in [-0.25, -0.2) is 9.38 Å². The van der Waals surface area contributed by atoms with Crippen molar-refractivity contribution >= 4 is 29.7 Å². The van der Waals surface area contributed by atoms with E-state index in [0.29, 0.717) is 30.8 Å². The number of nitrogens with one attached hydrogen (secondary N) is 3. The van der Waals surface area contributed by atoms with Crippen molar-refractivity contribution in [1.82, 2.24) is 16.0 Å². The quantitative estimate of drug-likeness (QED) is 0.116. The molecule has 1 aromatic carbocycles. The fraction of sp³-hybridized carbons (Fsp3) is 0.458. The molecule has 0 amide bonds. The molecule has 1 aromatic rings. The lowest BCUT2D eigenvalue weighted by Gasteiger charge is -2.17. The Balaban J connectivity index is 1.80. The van der Waals surface area contributed by atoms with Crippen LogP contribution in [0.25, 0.3) is 0 Å². The van der Waals surface area contributed by atoms with E-state index in [4.69, 9.17) is 11.6 Å². The van der Waals surface area contributed by atoms with E-state index in [2.05, 4.69) is 51.4 Å². The summed E-state index contributed by atoms with van der Waals surface area (Å²) < 4.78 is 14.1. The highest BCUT2D eigenvalue weighted by Crippen LogP contribution is 2.16. The molecule has 0 spiro atoms. The Morgan fingerprint density at radius 2 is 1.91 bits per heavy atom. The van der Waals surface area contributed by atoms with E-state index in [1.165, 1.54) is 0 Å². The number of rotatable bonds is 15. The summed E-state index contributed by atoms with van der Waals surface area (Å²) in [4.78, 5) is 4.11. The summed E-state index contributed by atoms with van der Waals surface area (Å²) in [5, 5.41) is 18.2. The fourth-order valence-electron chi connectivity index (χ4n) is 3.33. The van der Waals surface area contributed by atoms with Crippen molar-refractivity contribution in [3.8, 4) is 0 Å². The van der Waals surface area contributed by atoms with E-state index in [1.807, 2.05) is 19.1 Å². The minimum Gasteiger partial charge on any atom is -0.384 e. The van der Waals surface area contributed by atoms with Crippen LogP contribution in [0.4, 0.5) is 4.39 Å². The standard InChI is InChI=1S/C24H34ClFN6/c1-5-6-11-28-18(3)23(30-16-25)24(27-4)29-12-7-8-20-15-21(32-31-20)14-19-10-9-17(2)13-22(19)26/h9-10,13,28-30H,3-8,11-12,14-16H2,1-2H3/b24-23+. The van der Waals surface area contributed by atoms with Crippen molar-refractivity contribution in [2.45, 2.75) is 52.4 Å². The monoisotopic (exact) mass is 460 g/mol. The first-order valence-corrected chi connectivity index (χ1v) is 11.6. The lowest BCUT2D eigenvalue weighted by molar-refractivity contribution is 0.614. The van der Waals surface area contributed by atoms with Gasteiger partial charge >= 0.3 is 0 Å². The van der Waals surface area contributed by atoms with Gasteiger partial charge < -0.3 is 16.0 Å². The Morgan fingerprint density at radius 3 is 2.59 bits per heavy atom. The molecule has 6 nitrogen and oxygen atoms in total. The first-order valence-electron chi connectivity index (χ1n) is 11.0. The van der Waals surface area contributed by atoms with Crippen LogP contribution < -0.4 is 16.0 Å². The van der Waals surface area contributed by atoms with Gasteiger partial charge in [0.25, 0.3) is 0 Å². The van der Waals surface area contributed by atoms with E-state index in [0.717, 1.165) is 60.6 Å². The average molecular weight is 461 g/mol. The molecule has 0 radical (unpaired) electrons. The highest BCUT2D eigenvalue weighted by Gasteiger charge is 2.15. The summed E-state index contributed by atoms with van der Waals surface area (Å²) in [6, 6.07) is 5.53. The number of nitrogens with zero attached hydrogens (tertiary/aromatic N) is 3. The Labute approximate surface area is 195 Å². The Bertz CT molecular complexity index is 890. The number of benzene rings is 1. The maximum atomic E-state index is 14.1. The van der Waals surface area contributed by atoms with Gasteiger partial charge in [-0.1, -0.05) is 32.1 Å². The first-order chi connectivity index (χ1) is 15.5. The third kappa shape index (κ3) is 8.11. The zero-order valence-corrected chi connectivity index (χ0v) is 19.9. The maximum Gasteiger partial charge on any atom is 0.150 e. The van der Waals surface area contributed by atoms with Crippen LogP contribution in [0, 0.1) is 12.7 Å². The molecule has 32 heavy (non-hydrogen) atoms. The molecule has 0 bridgehead atoms. The van der Waals surface area contributed by atoms with Gasteiger partial charge in [0.1, 0.15) is 11.5 Å². The number of hydrogen-bond donors (Lipinski definition) is 3. The van der Waals surface area contributed by atoms with Crippen LogP contribution in [0.5, 0.6) is 0 Å². The summed E-state index contributed by atoms with van der Waals surface area (Å²) in [6.45, 7) is 13.3. The maximum absolute atomic E-state index is 14.1. The lowest BCUT2D eigenvalue weighted by Crippen LogP contribution is -2.28.